The summed E-state index contributed by atoms with van der Waals surface area (Å²) >= 11 is 0. The fraction of sp³-hybridized carbons (Fsp3) is 0.258. The van der Waals surface area contributed by atoms with Crippen LogP contribution in [-0.4, -0.2) is 0 Å². The largest absolute Gasteiger partial charge is 0.455 e. The molecule has 0 saturated heterocycles. The lowest BCUT2D eigenvalue weighted by Crippen LogP contribution is -2.32. The van der Waals surface area contributed by atoms with Gasteiger partial charge in [0.15, 0.2) is 6.17 Å². The Kier molecular flexibility index (Phi) is 4.08. The number of para-hydroxylation sites is 1. The minimum Gasteiger partial charge on any atom is -0.455 e. The summed E-state index contributed by atoms with van der Waals surface area (Å²) in [6.45, 7) is 11.2. The molecule has 0 bridgehead atoms. The molecule has 0 unspecified atom stereocenters. The van der Waals surface area contributed by atoms with Crippen molar-refractivity contribution in [2.45, 2.75) is 41.0 Å². The number of hydrogen-bond acceptors (Lipinski definition) is 1. The predicted octanol–water partition coefficient (Wildman–Crippen LogP) is 7.81. The minimum atomic E-state index is 0.506. The van der Waals surface area contributed by atoms with Crippen LogP contribution in [0.25, 0.3) is 43.9 Å². The first-order valence-corrected chi connectivity index (χ1v) is 11.9. The highest BCUT2D eigenvalue weighted by Crippen LogP contribution is 2.49. The van der Waals surface area contributed by atoms with Crippen LogP contribution in [0.1, 0.15) is 55.2 Å². The maximum Gasteiger partial charge on any atom is 0.221 e. The first-order valence-electron chi connectivity index (χ1n) is 12.4. The maximum absolute atomic E-state index is 8.76. The molecule has 1 aliphatic rings. The van der Waals surface area contributed by atoms with Crippen molar-refractivity contribution in [2.24, 2.45) is 13.0 Å². The Labute approximate surface area is 196 Å². The van der Waals surface area contributed by atoms with E-state index in [9.17, 15) is 0 Å². The van der Waals surface area contributed by atoms with Crippen molar-refractivity contribution in [2.75, 3.05) is 0 Å². The number of aromatic nitrogens is 1. The number of benzene rings is 3. The molecule has 0 N–H and O–H groups in total. The standard InChI is InChI=1S/C31H30NO/c1-17(2)13-23-24-15-18(3)14-21-11-12-32(6)30(28(21)24)29(23)27-20(5)19(4)16-25-22-9-7-8-10-26(22)33-31(25)27/h7-12,14-17H,13H2,1-6H3/q+1/i12D. The number of fused-ring (bicyclic) bond motifs is 3. The SMILES string of the molecule is [2H]c1cc2cc(C)cc3c2c([n+]1C)C(c1c(C)c(C)cc2c1oc1ccccc12)=C3CC(C)C. The Balaban J connectivity index is 1.84. The maximum atomic E-state index is 8.76. The van der Waals surface area contributed by atoms with Crippen LogP contribution < -0.4 is 4.57 Å². The molecule has 0 saturated carbocycles. The molecule has 3 aromatic carbocycles. The number of allylic oxidation sites excluding steroid dienone is 1. The minimum absolute atomic E-state index is 0.506. The van der Waals surface area contributed by atoms with Crippen molar-refractivity contribution < 1.29 is 10.4 Å². The van der Waals surface area contributed by atoms with E-state index in [1.807, 2.05) is 19.2 Å². The number of pyridine rings is 1. The van der Waals surface area contributed by atoms with Gasteiger partial charge in [-0.05, 0) is 78.5 Å². The van der Waals surface area contributed by atoms with Gasteiger partial charge < -0.3 is 4.42 Å². The zero-order valence-corrected chi connectivity index (χ0v) is 20.3. The molecular formula is C31H30NO+. The molecule has 2 aromatic heterocycles. The molecule has 0 amide bonds. The zero-order chi connectivity index (χ0) is 23.9. The molecule has 1 aliphatic carbocycles. The Morgan fingerprint density at radius 2 is 1.79 bits per heavy atom. The van der Waals surface area contributed by atoms with Crippen LogP contribution in [0.4, 0.5) is 0 Å². The second-order valence-electron chi connectivity index (χ2n) is 10.1. The van der Waals surface area contributed by atoms with Gasteiger partial charge in [-0.3, -0.25) is 0 Å². The summed E-state index contributed by atoms with van der Waals surface area (Å²) in [5.41, 5.74) is 11.9. The van der Waals surface area contributed by atoms with E-state index >= 15 is 0 Å². The Hall–Kier alpha value is -3.39. The molecular weight excluding hydrogens is 402 g/mol. The van der Waals surface area contributed by atoms with Gasteiger partial charge in [0, 0.05) is 22.4 Å². The third kappa shape index (κ3) is 2.83. The van der Waals surface area contributed by atoms with Crippen LogP contribution in [0.3, 0.4) is 0 Å². The highest BCUT2D eigenvalue weighted by Gasteiger charge is 2.35. The van der Waals surface area contributed by atoms with E-state index in [2.05, 4.69) is 75.6 Å². The second-order valence-corrected chi connectivity index (χ2v) is 10.1. The van der Waals surface area contributed by atoms with Gasteiger partial charge in [-0.15, -0.1) is 0 Å². The fourth-order valence-corrected chi connectivity index (χ4v) is 5.68. The molecule has 0 spiro atoms. The molecule has 0 atom stereocenters. The van der Waals surface area contributed by atoms with Gasteiger partial charge in [0.25, 0.3) is 0 Å². The van der Waals surface area contributed by atoms with Gasteiger partial charge in [-0.1, -0.05) is 44.2 Å². The van der Waals surface area contributed by atoms with Crippen LogP contribution in [0.15, 0.2) is 59.1 Å². The van der Waals surface area contributed by atoms with Crippen LogP contribution in [-0.2, 0) is 7.05 Å². The monoisotopic (exact) mass is 433 g/mol. The molecule has 2 heterocycles. The van der Waals surface area contributed by atoms with Crippen molar-refractivity contribution in [3.05, 3.63) is 88.2 Å². The van der Waals surface area contributed by atoms with Crippen LogP contribution >= 0.6 is 0 Å². The van der Waals surface area contributed by atoms with Crippen molar-refractivity contribution in [3.63, 3.8) is 0 Å². The number of nitrogens with zero attached hydrogens (tertiary/aromatic N) is 1. The van der Waals surface area contributed by atoms with E-state index in [1.165, 1.54) is 44.3 Å². The van der Waals surface area contributed by atoms with Gasteiger partial charge in [0.05, 0.1) is 11.0 Å². The van der Waals surface area contributed by atoms with E-state index in [-0.39, 0.29) is 0 Å². The van der Waals surface area contributed by atoms with Crippen molar-refractivity contribution >= 4 is 43.9 Å². The van der Waals surface area contributed by atoms with Gasteiger partial charge in [0.1, 0.15) is 19.6 Å². The smallest absolute Gasteiger partial charge is 0.221 e. The second kappa shape index (κ2) is 7.05. The van der Waals surface area contributed by atoms with E-state index < -0.39 is 0 Å². The van der Waals surface area contributed by atoms with Gasteiger partial charge >= 0.3 is 0 Å². The summed E-state index contributed by atoms with van der Waals surface area (Å²) in [6, 6.07) is 17.2. The van der Waals surface area contributed by atoms with E-state index in [1.54, 1.807) is 0 Å². The molecule has 0 radical (unpaired) electrons. The molecule has 0 aliphatic heterocycles. The van der Waals surface area contributed by atoms with Crippen molar-refractivity contribution in [3.8, 4) is 0 Å². The summed E-state index contributed by atoms with van der Waals surface area (Å²) in [5.74, 6) is 0.506. The molecule has 6 rings (SSSR count). The summed E-state index contributed by atoms with van der Waals surface area (Å²) in [7, 11) is 2.03. The normalized spacial score (nSPS) is 13.8. The van der Waals surface area contributed by atoms with E-state index in [0.29, 0.717) is 12.1 Å². The summed E-state index contributed by atoms with van der Waals surface area (Å²) in [4.78, 5) is 0. The van der Waals surface area contributed by atoms with E-state index in [0.717, 1.165) is 39.4 Å². The van der Waals surface area contributed by atoms with Gasteiger partial charge in [0.2, 0.25) is 5.69 Å². The summed E-state index contributed by atoms with van der Waals surface area (Å²) in [6.07, 6.45) is 1.50. The first kappa shape index (κ1) is 19.1. The predicted molar refractivity (Wildman–Crippen MR) is 138 cm³/mol. The quantitative estimate of drug-likeness (QED) is 0.265. The lowest BCUT2D eigenvalue weighted by molar-refractivity contribution is -0.672. The van der Waals surface area contributed by atoms with Gasteiger partial charge in [-0.2, -0.15) is 0 Å². The first-order chi connectivity index (χ1) is 16.3. The number of hydrogen-bond donors (Lipinski definition) is 0. The number of rotatable bonds is 3. The van der Waals surface area contributed by atoms with Crippen molar-refractivity contribution in [1.29, 1.82) is 0 Å². The van der Waals surface area contributed by atoms with Crippen LogP contribution in [0.2, 0.25) is 0 Å². The van der Waals surface area contributed by atoms with Crippen LogP contribution in [0.5, 0.6) is 0 Å². The third-order valence-corrected chi connectivity index (χ3v) is 7.21. The molecule has 164 valence electrons. The summed E-state index contributed by atoms with van der Waals surface area (Å²) < 4.78 is 17.4. The molecule has 2 heteroatoms. The molecule has 33 heavy (non-hydrogen) atoms. The van der Waals surface area contributed by atoms with Crippen LogP contribution in [0, 0.1) is 26.7 Å². The summed E-state index contributed by atoms with van der Waals surface area (Å²) in [5, 5.41) is 4.73. The van der Waals surface area contributed by atoms with Crippen molar-refractivity contribution in [1.82, 2.24) is 0 Å². The van der Waals surface area contributed by atoms with Gasteiger partial charge in [-0.25, -0.2) is 4.57 Å². The zero-order valence-electron chi connectivity index (χ0n) is 21.3. The highest BCUT2D eigenvalue weighted by molar-refractivity contribution is 6.20. The fourth-order valence-electron chi connectivity index (χ4n) is 5.68. The third-order valence-electron chi connectivity index (χ3n) is 7.21. The Morgan fingerprint density at radius 1 is 1.00 bits per heavy atom. The average Bonchev–Trinajstić information content (AvgIpc) is 3.29. The lowest BCUT2D eigenvalue weighted by atomic mass is 9.88. The molecule has 2 nitrogen and oxygen atoms in total. The Morgan fingerprint density at radius 3 is 2.58 bits per heavy atom. The number of aryl methyl sites for hydroxylation is 2. The highest BCUT2D eigenvalue weighted by atomic mass is 16.3. The topological polar surface area (TPSA) is 17.0 Å². The number of furan rings is 1. The average molecular weight is 434 g/mol. The molecule has 0 fully saturated rings. The molecule has 5 aromatic rings. The van der Waals surface area contributed by atoms with E-state index in [4.69, 9.17) is 5.79 Å². The Bertz CT molecular complexity index is 1700. The lowest BCUT2D eigenvalue weighted by Gasteiger charge is -2.15.